The molecule has 1 aliphatic heterocycles. The zero-order valence-corrected chi connectivity index (χ0v) is 7.74. The van der Waals surface area contributed by atoms with Crippen LogP contribution in [0.4, 0.5) is 4.39 Å². The van der Waals surface area contributed by atoms with Crippen LogP contribution < -0.4 is 5.32 Å². The number of hydrogen-bond acceptors (Lipinski definition) is 3. The van der Waals surface area contributed by atoms with Gasteiger partial charge in [0.2, 0.25) is 0 Å². The van der Waals surface area contributed by atoms with Gasteiger partial charge < -0.3 is 5.32 Å². The van der Waals surface area contributed by atoms with Crippen molar-refractivity contribution in [2.45, 2.75) is 12.8 Å². The fourth-order valence-electron chi connectivity index (χ4n) is 1.36. The van der Waals surface area contributed by atoms with Crippen molar-refractivity contribution >= 4 is 9.84 Å². The quantitative estimate of drug-likeness (QED) is 0.703. The lowest BCUT2D eigenvalue weighted by Gasteiger charge is -2.05. The minimum atomic E-state index is -3.40. The third-order valence-corrected chi connectivity index (χ3v) is 3.36. The van der Waals surface area contributed by atoms with Crippen LogP contribution in [0.3, 0.4) is 0 Å². The highest BCUT2D eigenvalue weighted by molar-refractivity contribution is 7.91. The Hall–Kier alpha value is -0.160. The summed E-state index contributed by atoms with van der Waals surface area (Å²) in [5, 5.41) is 3.14. The van der Waals surface area contributed by atoms with E-state index in [0.29, 0.717) is 12.3 Å². The van der Waals surface area contributed by atoms with E-state index in [1.807, 2.05) is 0 Å². The number of nitrogens with one attached hydrogen (secondary N) is 1. The van der Waals surface area contributed by atoms with Gasteiger partial charge in [-0.1, -0.05) is 0 Å². The average molecular weight is 195 g/mol. The van der Waals surface area contributed by atoms with Crippen molar-refractivity contribution in [1.29, 1.82) is 0 Å². The van der Waals surface area contributed by atoms with Gasteiger partial charge in [-0.25, -0.2) is 12.8 Å². The van der Waals surface area contributed by atoms with Gasteiger partial charge in [0.25, 0.3) is 0 Å². The maximum atomic E-state index is 11.8. The minimum Gasteiger partial charge on any atom is -0.316 e. The summed E-state index contributed by atoms with van der Waals surface area (Å²) >= 11 is 0. The highest BCUT2D eigenvalue weighted by atomic mass is 32.2. The van der Waals surface area contributed by atoms with Gasteiger partial charge >= 0.3 is 0 Å². The third-order valence-electron chi connectivity index (χ3n) is 2.17. The Bertz CT molecular complexity index is 222. The first-order valence-electron chi connectivity index (χ1n) is 4.11. The third kappa shape index (κ3) is 3.06. The van der Waals surface area contributed by atoms with Gasteiger partial charge in [-0.15, -0.1) is 0 Å². The summed E-state index contributed by atoms with van der Waals surface area (Å²) in [6.07, 6.45) is 1.61. The van der Waals surface area contributed by atoms with Gasteiger partial charge in [0, 0.05) is 0 Å². The summed E-state index contributed by atoms with van der Waals surface area (Å²) in [5.41, 5.74) is 0. The highest BCUT2D eigenvalue weighted by Gasteiger charge is 2.18. The number of halogens is 1. The molecule has 1 rings (SSSR count). The zero-order chi connectivity index (χ0) is 9.03. The van der Waals surface area contributed by atoms with E-state index in [2.05, 4.69) is 5.32 Å². The van der Waals surface area contributed by atoms with Crippen molar-refractivity contribution in [3.8, 4) is 0 Å². The van der Waals surface area contributed by atoms with Crippen LogP contribution in [0.15, 0.2) is 0 Å². The number of sulfone groups is 1. The molecule has 0 aromatic heterocycles. The molecule has 1 fully saturated rings. The molecule has 0 radical (unpaired) electrons. The molecular formula is C7H14FNO2S. The number of rotatable bonds is 4. The molecule has 72 valence electrons. The first kappa shape index (κ1) is 9.92. The number of hydrogen-bond donors (Lipinski definition) is 1. The second kappa shape index (κ2) is 4.18. The summed E-state index contributed by atoms with van der Waals surface area (Å²) in [7, 11) is -3.40. The molecular weight excluding hydrogens is 181 g/mol. The van der Waals surface area contributed by atoms with Gasteiger partial charge in [0.15, 0.2) is 15.8 Å². The lowest BCUT2D eigenvalue weighted by molar-refractivity contribution is 0.516. The molecule has 0 spiro atoms. The Labute approximate surface area is 72.3 Å². The van der Waals surface area contributed by atoms with Crippen molar-refractivity contribution in [3.63, 3.8) is 0 Å². The molecule has 0 aromatic rings. The van der Waals surface area contributed by atoms with Crippen LogP contribution in [0.1, 0.15) is 12.8 Å². The molecule has 1 atom stereocenters. The molecule has 0 bridgehead atoms. The Morgan fingerprint density at radius 3 is 2.75 bits per heavy atom. The van der Waals surface area contributed by atoms with Gasteiger partial charge in [-0.05, 0) is 31.8 Å². The molecule has 0 saturated carbocycles. The summed E-state index contributed by atoms with van der Waals surface area (Å²) in [4.78, 5) is 0. The molecule has 5 heteroatoms. The van der Waals surface area contributed by atoms with E-state index in [4.69, 9.17) is 0 Å². The van der Waals surface area contributed by atoms with Gasteiger partial charge in [-0.3, -0.25) is 0 Å². The van der Waals surface area contributed by atoms with E-state index < -0.39 is 15.8 Å². The summed E-state index contributed by atoms with van der Waals surface area (Å²) in [6.45, 7) is 1.84. The monoisotopic (exact) mass is 195 g/mol. The van der Waals surface area contributed by atoms with Crippen LogP contribution in [0.5, 0.6) is 0 Å². The molecule has 0 amide bonds. The van der Waals surface area contributed by atoms with Crippen molar-refractivity contribution in [2.75, 3.05) is 24.8 Å². The smallest absolute Gasteiger partial charge is 0.190 e. The minimum absolute atomic E-state index is 0.00412. The van der Waals surface area contributed by atoms with Crippen LogP contribution in [0.2, 0.25) is 0 Å². The second-order valence-electron chi connectivity index (χ2n) is 3.20. The Morgan fingerprint density at radius 1 is 1.50 bits per heavy atom. The molecule has 1 saturated heterocycles. The van der Waals surface area contributed by atoms with Crippen molar-refractivity contribution in [1.82, 2.24) is 5.32 Å². The van der Waals surface area contributed by atoms with E-state index >= 15 is 0 Å². The van der Waals surface area contributed by atoms with Crippen molar-refractivity contribution in [2.24, 2.45) is 5.92 Å². The second-order valence-corrected chi connectivity index (χ2v) is 5.32. The predicted octanol–water partition coefficient (Wildman–Crippen LogP) is 0.328. The fourth-order valence-corrected chi connectivity index (χ4v) is 2.16. The van der Waals surface area contributed by atoms with Crippen LogP contribution in [-0.4, -0.2) is 33.3 Å². The number of alkyl halides is 1. The molecule has 3 nitrogen and oxygen atoms in total. The van der Waals surface area contributed by atoms with Crippen LogP contribution in [0.25, 0.3) is 0 Å². The SMILES string of the molecule is O=S(=O)(CF)CCC1CCNC1. The van der Waals surface area contributed by atoms with Crippen LogP contribution in [-0.2, 0) is 9.84 Å². The Balaban J connectivity index is 2.25. The highest BCUT2D eigenvalue weighted by Crippen LogP contribution is 2.13. The standard InChI is InChI=1S/C7H14FNO2S/c8-6-12(10,11)4-2-7-1-3-9-5-7/h7,9H,1-6H2. The fraction of sp³-hybridized carbons (Fsp3) is 1.00. The van der Waals surface area contributed by atoms with E-state index in [-0.39, 0.29) is 5.75 Å². The van der Waals surface area contributed by atoms with Crippen LogP contribution in [0, 0.1) is 5.92 Å². The van der Waals surface area contributed by atoms with Gasteiger partial charge in [0.1, 0.15) is 0 Å². The topological polar surface area (TPSA) is 46.2 Å². The van der Waals surface area contributed by atoms with E-state index in [9.17, 15) is 12.8 Å². The maximum Gasteiger partial charge on any atom is 0.190 e. The Morgan fingerprint density at radius 2 is 2.25 bits per heavy atom. The van der Waals surface area contributed by atoms with Crippen LogP contribution >= 0.6 is 0 Å². The molecule has 12 heavy (non-hydrogen) atoms. The Kier molecular flexibility index (Phi) is 3.46. The summed E-state index contributed by atoms with van der Waals surface area (Å²) in [5.74, 6) is 0.418. The molecule has 1 unspecified atom stereocenters. The van der Waals surface area contributed by atoms with E-state index in [0.717, 1.165) is 19.5 Å². The lowest BCUT2D eigenvalue weighted by atomic mass is 10.1. The molecule has 1 N–H and O–H groups in total. The molecule has 1 aliphatic rings. The van der Waals surface area contributed by atoms with Gasteiger partial charge in [-0.2, -0.15) is 0 Å². The first-order valence-corrected chi connectivity index (χ1v) is 5.93. The van der Waals surface area contributed by atoms with E-state index in [1.54, 1.807) is 0 Å². The van der Waals surface area contributed by atoms with Gasteiger partial charge in [0.05, 0.1) is 5.75 Å². The maximum absolute atomic E-state index is 11.8. The van der Waals surface area contributed by atoms with Crippen molar-refractivity contribution < 1.29 is 12.8 Å². The normalized spacial score (nSPS) is 24.6. The lowest BCUT2D eigenvalue weighted by Crippen LogP contribution is -2.14. The average Bonchev–Trinajstić information content (AvgIpc) is 2.53. The molecule has 0 aliphatic carbocycles. The molecule has 0 aromatic carbocycles. The van der Waals surface area contributed by atoms with Crippen molar-refractivity contribution in [3.05, 3.63) is 0 Å². The zero-order valence-electron chi connectivity index (χ0n) is 6.92. The largest absolute Gasteiger partial charge is 0.316 e. The summed E-state index contributed by atoms with van der Waals surface area (Å²) < 4.78 is 33.4. The molecule has 1 heterocycles. The first-order chi connectivity index (χ1) is 5.64. The summed E-state index contributed by atoms with van der Waals surface area (Å²) in [6, 6.07) is -1.22. The van der Waals surface area contributed by atoms with E-state index in [1.165, 1.54) is 0 Å². The predicted molar refractivity (Wildman–Crippen MR) is 45.4 cm³/mol.